The number of guanidine groups is 1. The molecular weight excluding hydrogens is 419 g/mol. The summed E-state index contributed by atoms with van der Waals surface area (Å²) in [6.45, 7) is 6.14. The average Bonchev–Trinajstić information content (AvgIpc) is 3.20. The summed E-state index contributed by atoms with van der Waals surface area (Å²) in [5.41, 5.74) is 0. The molecule has 0 saturated carbocycles. The van der Waals surface area contributed by atoms with Gasteiger partial charge < -0.3 is 15.1 Å². The van der Waals surface area contributed by atoms with Crippen molar-refractivity contribution in [3.05, 3.63) is 24.2 Å². The molecule has 0 aliphatic rings. The van der Waals surface area contributed by atoms with Gasteiger partial charge in [-0.05, 0) is 30.9 Å². The van der Waals surface area contributed by atoms with E-state index in [1.165, 1.54) is 6.42 Å². The molecule has 8 heteroatoms. The Balaban J connectivity index is 0.00000288. The van der Waals surface area contributed by atoms with Gasteiger partial charge in [-0.15, -0.1) is 24.0 Å². The first kappa shape index (κ1) is 20.5. The summed E-state index contributed by atoms with van der Waals surface area (Å²) >= 11 is 0. The van der Waals surface area contributed by atoms with Crippen LogP contribution >= 0.6 is 24.0 Å². The fraction of sp³-hybridized carbons (Fsp3) is 0.562. The van der Waals surface area contributed by atoms with Crippen LogP contribution in [-0.4, -0.2) is 41.3 Å². The molecule has 0 aliphatic heterocycles. The van der Waals surface area contributed by atoms with Gasteiger partial charge in [-0.25, -0.2) is 4.98 Å². The second kappa shape index (κ2) is 11.1. The van der Waals surface area contributed by atoms with Crippen molar-refractivity contribution in [2.24, 2.45) is 10.9 Å². The quantitative estimate of drug-likeness (QED) is 0.251. The Labute approximate surface area is 160 Å². The Morgan fingerprint density at radius 3 is 2.79 bits per heavy atom. The van der Waals surface area contributed by atoms with Crippen LogP contribution in [0, 0.1) is 5.92 Å². The highest BCUT2D eigenvalue weighted by Gasteiger charge is 2.08. The van der Waals surface area contributed by atoms with Gasteiger partial charge in [0.25, 0.3) is 0 Å². The van der Waals surface area contributed by atoms with Gasteiger partial charge in [-0.2, -0.15) is 5.10 Å². The summed E-state index contributed by atoms with van der Waals surface area (Å²) in [5.74, 6) is 3.63. The smallest absolute Gasteiger partial charge is 0.216 e. The molecule has 2 rings (SSSR count). The Kier molecular flexibility index (Phi) is 9.43. The van der Waals surface area contributed by atoms with Crippen LogP contribution in [0.4, 0.5) is 0 Å². The van der Waals surface area contributed by atoms with Crippen molar-refractivity contribution in [2.45, 2.75) is 33.1 Å². The van der Waals surface area contributed by atoms with Gasteiger partial charge >= 0.3 is 0 Å². The van der Waals surface area contributed by atoms with Crippen molar-refractivity contribution >= 4 is 29.9 Å². The second-order valence-electron chi connectivity index (χ2n) is 5.79. The molecule has 0 fully saturated rings. The first-order valence-corrected chi connectivity index (χ1v) is 8.08. The van der Waals surface area contributed by atoms with Crippen molar-refractivity contribution in [3.63, 3.8) is 0 Å². The lowest BCUT2D eigenvalue weighted by Crippen LogP contribution is -2.38. The highest BCUT2D eigenvalue weighted by atomic mass is 127. The number of hydrogen-bond donors (Lipinski definition) is 3. The predicted molar refractivity (Wildman–Crippen MR) is 107 cm³/mol. The molecule has 7 nitrogen and oxygen atoms in total. The zero-order valence-corrected chi connectivity index (χ0v) is 16.8. The minimum atomic E-state index is 0. The summed E-state index contributed by atoms with van der Waals surface area (Å²) in [6.07, 6.45) is 4.72. The maximum absolute atomic E-state index is 5.27. The molecular formula is C16H27IN6O. The molecule has 2 heterocycles. The summed E-state index contributed by atoms with van der Waals surface area (Å²) < 4.78 is 5.27. The normalized spacial score (nSPS) is 11.4. The molecule has 24 heavy (non-hydrogen) atoms. The van der Waals surface area contributed by atoms with Gasteiger partial charge in [-0.1, -0.05) is 13.8 Å². The predicted octanol–water partition coefficient (Wildman–Crippen LogP) is 2.83. The van der Waals surface area contributed by atoms with Crippen LogP contribution in [-0.2, 0) is 6.42 Å². The van der Waals surface area contributed by atoms with E-state index < -0.39 is 0 Å². The fourth-order valence-electron chi connectivity index (χ4n) is 2.16. The summed E-state index contributed by atoms with van der Waals surface area (Å²) in [4.78, 5) is 8.62. The topological polar surface area (TPSA) is 91.1 Å². The van der Waals surface area contributed by atoms with Crippen molar-refractivity contribution < 1.29 is 4.42 Å². The van der Waals surface area contributed by atoms with E-state index in [2.05, 4.69) is 44.7 Å². The highest BCUT2D eigenvalue weighted by molar-refractivity contribution is 14.0. The minimum Gasteiger partial charge on any atom is -0.461 e. The molecule has 2 aromatic rings. The maximum atomic E-state index is 5.27. The van der Waals surface area contributed by atoms with Crippen LogP contribution < -0.4 is 10.6 Å². The molecule has 0 saturated heterocycles. The number of halogens is 1. The Morgan fingerprint density at radius 2 is 2.12 bits per heavy atom. The number of rotatable bonds is 8. The van der Waals surface area contributed by atoms with Crippen molar-refractivity contribution in [1.82, 2.24) is 25.8 Å². The maximum Gasteiger partial charge on any atom is 0.216 e. The number of furan rings is 1. The fourth-order valence-corrected chi connectivity index (χ4v) is 2.16. The van der Waals surface area contributed by atoms with Crippen LogP contribution in [0.25, 0.3) is 11.6 Å². The number of aliphatic imine (C=N–C) groups is 1. The van der Waals surface area contributed by atoms with E-state index in [1.807, 2.05) is 12.1 Å². The van der Waals surface area contributed by atoms with Crippen molar-refractivity contribution in [2.75, 3.05) is 20.1 Å². The van der Waals surface area contributed by atoms with Gasteiger partial charge in [0.2, 0.25) is 5.82 Å². The van der Waals surface area contributed by atoms with Crippen LogP contribution in [0.2, 0.25) is 0 Å². The highest BCUT2D eigenvalue weighted by Crippen LogP contribution is 2.14. The third kappa shape index (κ3) is 6.90. The number of nitrogens with zero attached hydrogens (tertiary/aromatic N) is 3. The number of hydrogen-bond acceptors (Lipinski definition) is 4. The summed E-state index contributed by atoms with van der Waals surface area (Å²) in [6, 6.07) is 3.66. The number of nitrogens with one attached hydrogen (secondary N) is 3. The lowest BCUT2D eigenvalue weighted by Gasteiger charge is -2.11. The average molecular weight is 446 g/mol. The zero-order chi connectivity index (χ0) is 16.5. The van der Waals surface area contributed by atoms with E-state index in [0.717, 1.165) is 43.6 Å². The third-order valence-electron chi connectivity index (χ3n) is 3.40. The van der Waals surface area contributed by atoms with Crippen molar-refractivity contribution in [3.8, 4) is 11.6 Å². The molecule has 3 N–H and O–H groups in total. The van der Waals surface area contributed by atoms with E-state index in [1.54, 1.807) is 13.3 Å². The summed E-state index contributed by atoms with van der Waals surface area (Å²) in [5, 5.41) is 13.7. The molecule has 0 amide bonds. The van der Waals surface area contributed by atoms with Gasteiger partial charge in [0.1, 0.15) is 5.82 Å². The third-order valence-corrected chi connectivity index (χ3v) is 3.40. The Morgan fingerprint density at radius 1 is 1.33 bits per heavy atom. The molecule has 0 atom stereocenters. The molecule has 0 bridgehead atoms. The number of H-pyrrole nitrogens is 1. The van der Waals surface area contributed by atoms with E-state index in [0.29, 0.717) is 11.6 Å². The largest absolute Gasteiger partial charge is 0.461 e. The monoisotopic (exact) mass is 446 g/mol. The SMILES string of the molecule is CN=C(NCCCC(C)C)NCCc1nc(-c2ccco2)n[nH]1.I. The molecule has 134 valence electrons. The number of aromatic nitrogens is 3. The Bertz CT molecular complexity index is 593. The summed E-state index contributed by atoms with van der Waals surface area (Å²) in [7, 11) is 1.78. The van der Waals surface area contributed by atoms with Gasteiger partial charge in [0, 0.05) is 26.6 Å². The molecule has 2 aromatic heterocycles. The lowest BCUT2D eigenvalue weighted by molar-refractivity contribution is 0.549. The van der Waals surface area contributed by atoms with Crippen LogP contribution in [0.15, 0.2) is 27.8 Å². The first-order chi connectivity index (χ1) is 11.2. The number of aromatic amines is 1. The minimum absolute atomic E-state index is 0. The van der Waals surface area contributed by atoms with Gasteiger partial charge in [-0.3, -0.25) is 10.1 Å². The van der Waals surface area contributed by atoms with Gasteiger partial charge in [0.05, 0.1) is 6.26 Å². The lowest BCUT2D eigenvalue weighted by atomic mass is 10.1. The molecule has 0 radical (unpaired) electrons. The van der Waals surface area contributed by atoms with Crippen LogP contribution in [0.1, 0.15) is 32.5 Å². The zero-order valence-electron chi connectivity index (χ0n) is 14.5. The van der Waals surface area contributed by atoms with E-state index in [-0.39, 0.29) is 24.0 Å². The van der Waals surface area contributed by atoms with Crippen LogP contribution in [0.5, 0.6) is 0 Å². The van der Waals surface area contributed by atoms with E-state index in [4.69, 9.17) is 4.42 Å². The second-order valence-corrected chi connectivity index (χ2v) is 5.79. The van der Waals surface area contributed by atoms with Crippen molar-refractivity contribution in [1.29, 1.82) is 0 Å². The van der Waals surface area contributed by atoms with E-state index >= 15 is 0 Å². The molecule has 0 unspecified atom stereocenters. The first-order valence-electron chi connectivity index (χ1n) is 8.08. The molecule has 0 spiro atoms. The van der Waals surface area contributed by atoms with Crippen LogP contribution in [0.3, 0.4) is 0 Å². The van der Waals surface area contributed by atoms with E-state index in [9.17, 15) is 0 Å². The van der Waals surface area contributed by atoms with Gasteiger partial charge in [0.15, 0.2) is 11.7 Å². The standard InChI is InChI=1S/C16H26N6O.HI/c1-12(2)6-4-9-18-16(17-3)19-10-8-14-20-15(22-21-14)13-7-5-11-23-13;/h5,7,11-12H,4,6,8-10H2,1-3H3,(H2,17,18,19)(H,20,21,22);1H. The molecule has 0 aromatic carbocycles. The Hall–Kier alpha value is -1.58. The molecule has 0 aliphatic carbocycles.